The Hall–Kier alpha value is -2.62. The van der Waals surface area contributed by atoms with Crippen LogP contribution in [0.3, 0.4) is 0 Å². The first-order valence-electron chi connectivity index (χ1n) is 11.4. The molecule has 0 saturated carbocycles. The molecule has 4 rings (SSSR count). The van der Waals surface area contributed by atoms with Gasteiger partial charge in [0.05, 0.1) is 12.2 Å². The van der Waals surface area contributed by atoms with Crippen molar-refractivity contribution in [3.05, 3.63) is 96.1 Å². The van der Waals surface area contributed by atoms with Crippen molar-refractivity contribution in [3.63, 3.8) is 0 Å². The van der Waals surface area contributed by atoms with Crippen LogP contribution >= 0.6 is 12.4 Å². The summed E-state index contributed by atoms with van der Waals surface area (Å²) < 4.78 is 5.79. The number of aryl methyl sites for hydroxylation is 1. The number of hydrogen-bond donors (Lipinski definition) is 0. The molecule has 0 aromatic heterocycles. The summed E-state index contributed by atoms with van der Waals surface area (Å²) in [5.74, 6) is 0.193. The molecule has 3 aromatic carbocycles. The average Bonchev–Trinajstić information content (AvgIpc) is 2.84. The third-order valence-corrected chi connectivity index (χ3v) is 6.07. The number of rotatable bonds is 8. The Kier molecular flexibility index (Phi) is 9.33. The molecule has 1 aliphatic heterocycles. The van der Waals surface area contributed by atoms with Gasteiger partial charge in [0.1, 0.15) is 0 Å². The van der Waals surface area contributed by atoms with E-state index in [4.69, 9.17) is 4.74 Å². The van der Waals surface area contributed by atoms with Gasteiger partial charge in [0.2, 0.25) is 0 Å². The Morgan fingerprint density at radius 3 is 2.38 bits per heavy atom. The van der Waals surface area contributed by atoms with Crippen molar-refractivity contribution in [2.45, 2.75) is 25.7 Å². The first-order chi connectivity index (χ1) is 15.3. The molecule has 1 aliphatic rings. The molecule has 1 saturated heterocycles. The van der Waals surface area contributed by atoms with Crippen molar-refractivity contribution in [2.75, 3.05) is 26.2 Å². The molecule has 0 amide bonds. The number of hydrogen-bond acceptors (Lipinski definition) is 3. The molecule has 1 fully saturated rings. The molecule has 168 valence electrons. The molecule has 0 radical (unpaired) electrons. The molecule has 3 nitrogen and oxygen atoms in total. The summed E-state index contributed by atoms with van der Waals surface area (Å²) >= 11 is 0. The van der Waals surface area contributed by atoms with Crippen LogP contribution in [0.5, 0.6) is 0 Å². The molecule has 3 aromatic rings. The Morgan fingerprint density at radius 1 is 0.906 bits per heavy atom. The second-order valence-corrected chi connectivity index (χ2v) is 8.41. The maximum atomic E-state index is 12.9. The van der Waals surface area contributed by atoms with Crippen LogP contribution in [0.2, 0.25) is 0 Å². The highest BCUT2D eigenvalue weighted by Crippen LogP contribution is 2.25. The fourth-order valence-electron chi connectivity index (χ4n) is 4.44. The van der Waals surface area contributed by atoms with E-state index in [0.717, 1.165) is 43.6 Å². The van der Waals surface area contributed by atoms with Crippen molar-refractivity contribution in [3.8, 4) is 11.1 Å². The van der Waals surface area contributed by atoms with Crippen molar-refractivity contribution < 1.29 is 9.53 Å². The molecule has 1 atom stereocenters. The van der Waals surface area contributed by atoms with Gasteiger partial charge in [0, 0.05) is 12.5 Å². The van der Waals surface area contributed by atoms with E-state index in [1.54, 1.807) is 0 Å². The molecule has 4 heteroatoms. The van der Waals surface area contributed by atoms with Gasteiger partial charge in [-0.25, -0.2) is 4.79 Å². The zero-order valence-electron chi connectivity index (χ0n) is 18.5. The molecule has 0 aliphatic carbocycles. The maximum Gasteiger partial charge on any atom is 0.338 e. The smallest absolute Gasteiger partial charge is 0.338 e. The van der Waals surface area contributed by atoms with Gasteiger partial charge in [-0.3, -0.25) is 0 Å². The number of carbonyl (C=O) groups is 1. The summed E-state index contributed by atoms with van der Waals surface area (Å²) in [6.07, 6.45) is 4.59. The van der Waals surface area contributed by atoms with E-state index >= 15 is 0 Å². The van der Waals surface area contributed by atoms with Gasteiger partial charge < -0.3 is 9.64 Å². The van der Waals surface area contributed by atoms with Crippen LogP contribution in [-0.2, 0) is 11.2 Å². The maximum absolute atomic E-state index is 12.9. The van der Waals surface area contributed by atoms with Crippen molar-refractivity contribution in [1.29, 1.82) is 0 Å². The van der Waals surface area contributed by atoms with Gasteiger partial charge in [-0.1, -0.05) is 78.9 Å². The summed E-state index contributed by atoms with van der Waals surface area (Å²) in [4.78, 5) is 15.4. The minimum atomic E-state index is -0.222. The zero-order chi connectivity index (χ0) is 21.3. The highest BCUT2D eigenvalue weighted by atomic mass is 35.5. The van der Waals surface area contributed by atoms with Crippen LogP contribution in [-0.4, -0.2) is 37.1 Å². The van der Waals surface area contributed by atoms with E-state index in [-0.39, 0.29) is 18.4 Å². The quantitative estimate of drug-likeness (QED) is 0.379. The van der Waals surface area contributed by atoms with Gasteiger partial charge in [-0.15, -0.1) is 12.4 Å². The Balaban J connectivity index is 0.00000289. The van der Waals surface area contributed by atoms with Crippen molar-refractivity contribution in [1.82, 2.24) is 4.90 Å². The third kappa shape index (κ3) is 6.69. The topological polar surface area (TPSA) is 29.5 Å². The fourth-order valence-corrected chi connectivity index (χ4v) is 4.44. The number of halogens is 1. The number of ether oxygens (including phenoxy) is 1. The number of nitrogens with zero attached hydrogens (tertiary/aromatic N) is 1. The second-order valence-electron chi connectivity index (χ2n) is 8.41. The van der Waals surface area contributed by atoms with Crippen LogP contribution in [0.1, 0.15) is 35.2 Å². The minimum Gasteiger partial charge on any atom is -0.462 e. The lowest BCUT2D eigenvalue weighted by atomic mass is 9.98. The van der Waals surface area contributed by atoms with Crippen LogP contribution in [0.15, 0.2) is 84.9 Å². The largest absolute Gasteiger partial charge is 0.462 e. The molecule has 1 unspecified atom stereocenters. The van der Waals surface area contributed by atoms with Crippen LogP contribution in [0.4, 0.5) is 0 Å². The van der Waals surface area contributed by atoms with E-state index in [1.165, 1.54) is 18.4 Å². The summed E-state index contributed by atoms with van der Waals surface area (Å²) in [6, 6.07) is 28.4. The summed E-state index contributed by atoms with van der Waals surface area (Å²) in [5, 5.41) is 0. The van der Waals surface area contributed by atoms with Crippen LogP contribution in [0.25, 0.3) is 11.1 Å². The average molecular weight is 450 g/mol. The van der Waals surface area contributed by atoms with E-state index in [9.17, 15) is 4.79 Å². The Bertz CT molecular complexity index is 961. The number of carbonyl (C=O) groups excluding carboxylic acids is 1. The number of likely N-dealkylation sites (tertiary alicyclic amines) is 1. The zero-order valence-corrected chi connectivity index (χ0v) is 19.3. The van der Waals surface area contributed by atoms with E-state index in [0.29, 0.717) is 18.1 Å². The SMILES string of the molecule is Cl.O=C(OCC1CCCN(CCCc2ccccc2)C1)c1ccccc1-c1ccccc1. The fraction of sp³-hybridized carbons (Fsp3) is 0.321. The number of benzene rings is 3. The molecular formula is C28H32ClNO2. The van der Waals surface area contributed by atoms with Crippen molar-refractivity contribution in [2.24, 2.45) is 5.92 Å². The molecule has 0 spiro atoms. The Labute approximate surface area is 197 Å². The summed E-state index contributed by atoms with van der Waals surface area (Å²) in [6.45, 7) is 3.77. The minimum absolute atomic E-state index is 0. The highest BCUT2D eigenvalue weighted by molar-refractivity contribution is 5.97. The van der Waals surface area contributed by atoms with Crippen LogP contribution in [0, 0.1) is 5.92 Å². The monoisotopic (exact) mass is 449 g/mol. The van der Waals surface area contributed by atoms with E-state index < -0.39 is 0 Å². The van der Waals surface area contributed by atoms with E-state index in [2.05, 4.69) is 35.2 Å². The lowest BCUT2D eigenvalue weighted by Gasteiger charge is -2.32. The van der Waals surface area contributed by atoms with Gasteiger partial charge in [0.25, 0.3) is 0 Å². The molecular weight excluding hydrogens is 418 g/mol. The molecule has 32 heavy (non-hydrogen) atoms. The lowest BCUT2D eigenvalue weighted by Crippen LogP contribution is -2.38. The first kappa shape index (κ1) is 24.0. The van der Waals surface area contributed by atoms with Gasteiger partial charge >= 0.3 is 5.97 Å². The van der Waals surface area contributed by atoms with Gasteiger partial charge in [0.15, 0.2) is 0 Å². The summed E-state index contributed by atoms with van der Waals surface area (Å²) in [7, 11) is 0. The number of esters is 1. The molecule has 1 heterocycles. The lowest BCUT2D eigenvalue weighted by molar-refractivity contribution is 0.0354. The van der Waals surface area contributed by atoms with Gasteiger partial charge in [-0.2, -0.15) is 0 Å². The molecule has 0 bridgehead atoms. The second kappa shape index (κ2) is 12.4. The predicted molar refractivity (Wildman–Crippen MR) is 133 cm³/mol. The van der Waals surface area contributed by atoms with Crippen LogP contribution < -0.4 is 0 Å². The van der Waals surface area contributed by atoms with E-state index in [1.807, 2.05) is 54.6 Å². The normalized spacial score (nSPS) is 16.2. The number of piperidine rings is 1. The third-order valence-electron chi connectivity index (χ3n) is 6.07. The predicted octanol–water partition coefficient (Wildman–Crippen LogP) is 6.28. The highest BCUT2D eigenvalue weighted by Gasteiger charge is 2.22. The van der Waals surface area contributed by atoms with Gasteiger partial charge in [-0.05, 0) is 61.5 Å². The molecule has 0 N–H and O–H groups in total. The summed E-state index contributed by atoms with van der Waals surface area (Å²) in [5.41, 5.74) is 4.02. The Morgan fingerprint density at radius 2 is 1.59 bits per heavy atom. The standard InChI is InChI=1S/C28H31NO2.ClH/c30-28(27-18-8-7-17-26(27)25-15-5-2-6-16-25)31-22-24-14-10-20-29(21-24)19-9-13-23-11-3-1-4-12-23;/h1-8,11-12,15-18,24H,9-10,13-14,19-22H2;1H. The first-order valence-corrected chi connectivity index (χ1v) is 11.4. The van der Waals surface area contributed by atoms with Crippen molar-refractivity contribution >= 4 is 18.4 Å².